The molecule has 0 atom stereocenters. The molecule has 0 fully saturated rings. The minimum Gasteiger partial charge on any atom is -0.245 e. The number of halogens is 2. The van der Waals surface area contributed by atoms with Crippen LogP contribution in [0.5, 0.6) is 0 Å². The van der Waals surface area contributed by atoms with Crippen molar-refractivity contribution in [2.45, 2.75) is 20.8 Å². The van der Waals surface area contributed by atoms with Crippen molar-refractivity contribution in [1.29, 1.82) is 0 Å². The highest BCUT2D eigenvalue weighted by Crippen LogP contribution is 2.15. The Balaban J connectivity index is 0.000000461. The highest BCUT2D eigenvalue weighted by Gasteiger charge is 1.94. The molecule has 0 saturated heterocycles. The number of hydrogen-bond acceptors (Lipinski definition) is 1. The van der Waals surface area contributed by atoms with Crippen molar-refractivity contribution in [1.82, 2.24) is 4.98 Å². The van der Waals surface area contributed by atoms with Crippen molar-refractivity contribution in [3.63, 3.8) is 0 Å². The van der Waals surface area contributed by atoms with E-state index in [0.29, 0.717) is 5.02 Å². The third-order valence-electron chi connectivity index (χ3n) is 0.987. The minimum absolute atomic E-state index is 0.707. The van der Waals surface area contributed by atoms with E-state index in [1.165, 1.54) is 0 Å². The molecule has 0 aliphatic carbocycles. The molecule has 0 bridgehead atoms. The van der Waals surface area contributed by atoms with E-state index in [2.05, 4.69) is 20.9 Å². The largest absolute Gasteiger partial charge is 0.245 e. The highest BCUT2D eigenvalue weighted by atomic mass is 79.9. The molecule has 1 aromatic heterocycles. The molecule has 0 N–H and O–H groups in total. The lowest BCUT2D eigenvalue weighted by atomic mass is 10.4. The van der Waals surface area contributed by atoms with Crippen LogP contribution in [0.25, 0.3) is 0 Å². The Morgan fingerprint density at radius 1 is 1.36 bits per heavy atom. The van der Waals surface area contributed by atoms with Gasteiger partial charge < -0.3 is 0 Å². The zero-order valence-electron chi connectivity index (χ0n) is 6.86. The molecular weight excluding hydrogens is 225 g/mol. The molecule has 1 rings (SSSR count). The van der Waals surface area contributed by atoms with Gasteiger partial charge in [-0.25, -0.2) is 4.98 Å². The second-order valence-electron chi connectivity index (χ2n) is 1.70. The average Bonchev–Trinajstić information content (AvgIpc) is 2.02. The number of aryl methyl sites for hydroxylation is 1. The molecule has 0 unspecified atom stereocenters. The zero-order valence-corrected chi connectivity index (χ0v) is 9.20. The lowest BCUT2D eigenvalue weighted by Gasteiger charge is -1.94. The van der Waals surface area contributed by atoms with E-state index in [4.69, 9.17) is 11.6 Å². The summed E-state index contributed by atoms with van der Waals surface area (Å²) in [6.45, 7) is 5.87. The minimum atomic E-state index is 0.707. The first-order valence-electron chi connectivity index (χ1n) is 3.49. The van der Waals surface area contributed by atoms with Gasteiger partial charge in [0.1, 0.15) is 4.60 Å². The molecule has 0 aliphatic heterocycles. The molecule has 0 saturated carbocycles. The van der Waals surface area contributed by atoms with Crippen LogP contribution in [0.4, 0.5) is 0 Å². The van der Waals surface area contributed by atoms with Gasteiger partial charge in [0.2, 0.25) is 0 Å². The van der Waals surface area contributed by atoms with E-state index in [-0.39, 0.29) is 0 Å². The van der Waals surface area contributed by atoms with E-state index in [1.54, 1.807) is 0 Å². The summed E-state index contributed by atoms with van der Waals surface area (Å²) in [7, 11) is 0. The van der Waals surface area contributed by atoms with Crippen LogP contribution < -0.4 is 0 Å². The molecule has 1 nitrogen and oxygen atoms in total. The summed E-state index contributed by atoms with van der Waals surface area (Å²) in [5, 5.41) is 0.707. The van der Waals surface area contributed by atoms with Crippen molar-refractivity contribution < 1.29 is 0 Å². The third-order valence-corrected chi connectivity index (χ3v) is 1.83. The van der Waals surface area contributed by atoms with Gasteiger partial charge >= 0.3 is 0 Å². The maximum atomic E-state index is 5.70. The zero-order chi connectivity index (χ0) is 8.85. The van der Waals surface area contributed by atoms with Crippen LogP contribution in [-0.4, -0.2) is 4.98 Å². The summed E-state index contributed by atoms with van der Waals surface area (Å²) in [5.74, 6) is 0. The Morgan fingerprint density at radius 3 is 2.27 bits per heavy atom. The molecule has 0 aliphatic rings. The van der Waals surface area contributed by atoms with Crippen molar-refractivity contribution in [2.24, 2.45) is 0 Å². The van der Waals surface area contributed by atoms with Crippen LogP contribution in [0.2, 0.25) is 5.02 Å². The summed E-state index contributed by atoms with van der Waals surface area (Å²) in [6.07, 6.45) is 0. The van der Waals surface area contributed by atoms with Crippen molar-refractivity contribution in [2.75, 3.05) is 0 Å². The van der Waals surface area contributed by atoms with Gasteiger partial charge in [0.15, 0.2) is 0 Å². The van der Waals surface area contributed by atoms with Gasteiger partial charge in [-0.15, -0.1) is 0 Å². The third kappa shape index (κ3) is 3.73. The maximum absolute atomic E-state index is 5.70. The van der Waals surface area contributed by atoms with E-state index in [0.717, 1.165) is 10.3 Å². The molecule has 3 heteroatoms. The van der Waals surface area contributed by atoms with Crippen molar-refractivity contribution in [3.05, 3.63) is 27.5 Å². The quantitative estimate of drug-likeness (QED) is 0.624. The summed E-state index contributed by atoms with van der Waals surface area (Å²) >= 11 is 8.92. The Morgan fingerprint density at radius 2 is 1.91 bits per heavy atom. The lowest BCUT2D eigenvalue weighted by molar-refractivity contribution is 1.17. The first-order valence-corrected chi connectivity index (χ1v) is 4.66. The smallest absolute Gasteiger partial charge is 0.106 e. The van der Waals surface area contributed by atoms with Crippen LogP contribution in [0.3, 0.4) is 0 Å². The SMILES string of the molecule is CC.Cc1nc(Br)ccc1Cl. The van der Waals surface area contributed by atoms with Crippen molar-refractivity contribution in [3.8, 4) is 0 Å². The van der Waals surface area contributed by atoms with Gasteiger partial charge in [-0.05, 0) is 35.0 Å². The second-order valence-corrected chi connectivity index (χ2v) is 2.92. The monoisotopic (exact) mass is 235 g/mol. The van der Waals surface area contributed by atoms with E-state index < -0.39 is 0 Å². The normalized spacial score (nSPS) is 8.45. The van der Waals surface area contributed by atoms with Crippen LogP contribution in [-0.2, 0) is 0 Å². The molecule has 0 aromatic carbocycles. The number of nitrogens with zero attached hydrogens (tertiary/aromatic N) is 1. The number of hydrogen-bond donors (Lipinski definition) is 0. The van der Waals surface area contributed by atoms with Gasteiger partial charge in [0.05, 0.1) is 10.7 Å². The topological polar surface area (TPSA) is 12.9 Å². The van der Waals surface area contributed by atoms with Crippen LogP contribution >= 0.6 is 27.5 Å². The fourth-order valence-electron chi connectivity index (χ4n) is 0.513. The van der Waals surface area contributed by atoms with E-state index >= 15 is 0 Å². The van der Waals surface area contributed by atoms with Crippen LogP contribution in [0.15, 0.2) is 16.7 Å². The van der Waals surface area contributed by atoms with Gasteiger partial charge in [0.25, 0.3) is 0 Å². The van der Waals surface area contributed by atoms with Gasteiger partial charge in [0, 0.05) is 0 Å². The first kappa shape index (κ1) is 10.9. The summed E-state index contributed by atoms with van der Waals surface area (Å²) in [5.41, 5.74) is 0.853. The molecule has 0 spiro atoms. The molecule has 1 aromatic rings. The summed E-state index contributed by atoms with van der Waals surface area (Å²) in [4.78, 5) is 4.06. The standard InChI is InChI=1S/C6H5BrClN.C2H6/c1-4-5(8)2-3-6(7)9-4;1-2/h2-3H,1H3;1-2H3. The van der Waals surface area contributed by atoms with Gasteiger partial charge in [-0.3, -0.25) is 0 Å². The number of aromatic nitrogens is 1. The molecule has 1 heterocycles. The predicted molar refractivity (Wildman–Crippen MR) is 53.0 cm³/mol. The fourth-order valence-corrected chi connectivity index (χ4v) is 1.02. The van der Waals surface area contributed by atoms with E-state index in [9.17, 15) is 0 Å². The predicted octanol–water partition coefficient (Wildman–Crippen LogP) is 3.83. The molecule has 0 amide bonds. The molecule has 62 valence electrons. The maximum Gasteiger partial charge on any atom is 0.106 e. The number of pyridine rings is 1. The summed E-state index contributed by atoms with van der Waals surface area (Å²) < 4.78 is 0.824. The van der Waals surface area contributed by atoms with Gasteiger partial charge in [-0.2, -0.15) is 0 Å². The van der Waals surface area contributed by atoms with Crippen LogP contribution in [0.1, 0.15) is 19.5 Å². The fraction of sp³-hybridized carbons (Fsp3) is 0.375. The van der Waals surface area contributed by atoms with Gasteiger partial charge in [-0.1, -0.05) is 25.4 Å². The molecule has 11 heavy (non-hydrogen) atoms. The lowest BCUT2D eigenvalue weighted by Crippen LogP contribution is -1.80. The average molecular weight is 237 g/mol. The summed E-state index contributed by atoms with van der Waals surface area (Å²) in [6, 6.07) is 3.63. The number of rotatable bonds is 0. The van der Waals surface area contributed by atoms with Crippen molar-refractivity contribution >= 4 is 27.5 Å². The Bertz CT molecular complexity index is 225. The molecule has 0 radical (unpaired) electrons. The highest BCUT2D eigenvalue weighted by molar-refractivity contribution is 9.10. The van der Waals surface area contributed by atoms with Crippen LogP contribution in [0, 0.1) is 6.92 Å². The Kier molecular flexibility index (Phi) is 5.51. The second kappa shape index (κ2) is 5.56. The Hall–Kier alpha value is -0.0800. The molecular formula is C8H11BrClN. The Labute approximate surface area is 80.9 Å². The van der Waals surface area contributed by atoms with E-state index in [1.807, 2.05) is 32.9 Å². The first-order chi connectivity index (χ1) is 5.20.